The zero-order valence-electron chi connectivity index (χ0n) is 31.1. The maximum atomic E-state index is 14.5. The van der Waals surface area contributed by atoms with E-state index in [0.717, 1.165) is 12.3 Å². The number of hydrogen-bond acceptors (Lipinski definition) is 11. The number of benzene rings is 1. The van der Waals surface area contributed by atoms with Gasteiger partial charge in [0.05, 0.1) is 36.0 Å². The quantitative estimate of drug-likeness (QED) is 0.142. The predicted octanol–water partition coefficient (Wildman–Crippen LogP) is 7.55. The Morgan fingerprint density at radius 2 is 1.74 bits per heavy atom. The van der Waals surface area contributed by atoms with E-state index < -0.39 is 42.2 Å². The summed E-state index contributed by atoms with van der Waals surface area (Å²) in [5.74, 6) is -2.70. The average Bonchev–Trinajstić information content (AvgIpc) is 3.79. The summed E-state index contributed by atoms with van der Waals surface area (Å²) in [7, 11) is 0. The molecule has 0 radical (unpaired) electrons. The molecule has 8 rings (SSSR count). The topological polar surface area (TPSA) is 151 Å². The van der Waals surface area contributed by atoms with Gasteiger partial charge in [0.25, 0.3) is 11.8 Å². The minimum absolute atomic E-state index is 0.00229. The Labute approximate surface area is 339 Å². The van der Waals surface area contributed by atoms with Crippen LogP contribution >= 0.6 is 0 Å². The molecule has 1 aromatic carbocycles. The van der Waals surface area contributed by atoms with Crippen LogP contribution in [0.5, 0.6) is 5.75 Å². The number of pyridine rings is 2. The van der Waals surface area contributed by atoms with Gasteiger partial charge >= 0.3 is 12.7 Å². The lowest BCUT2D eigenvalue weighted by molar-refractivity contribution is -0.331. The number of carbonyl (C=O) groups excluding carboxylic acids is 2. The van der Waals surface area contributed by atoms with Gasteiger partial charge in [-0.15, -0.1) is 26.3 Å². The fraction of sp³-hybridized carbons (Fsp3) is 0.125. The number of nitrogens with one attached hydrogen (secondary N) is 2. The van der Waals surface area contributed by atoms with Crippen LogP contribution in [0.25, 0.3) is 16.9 Å². The number of fused-ring (bicyclic) bond motifs is 2. The van der Waals surface area contributed by atoms with Gasteiger partial charge in [-0.1, -0.05) is 36.4 Å². The number of nitrogens with zero attached hydrogens (tertiary/aromatic N) is 8. The monoisotopic (exact) mass is 844 g/mol. The van der Waals surface area contributed by atoms with Gasteiger partial charge in [-0.05, 0) is 55.0 Å². The van der Waals surface area contributed by atoms with Gasteiger partial charge in [0.1, 0.15) is 28.8 Å². The molecular formula is C40H27F7N10O4. The first-order valence-corrected chi connectivity index (χ1v) is 17.9. The lowest BCUT2D eigenvalue weighted by atomic mass is 10.0. The molecule has 1 unspecified atom stereocenters. The zero-order chi connectivity index (χ0) is 43.1. The third-order valence-corrected chi connectivity index (χ3v) is 9.02. The Hall–Kier alpha value is -7.68. The van der Waals surface area contributed by atoms with Crippen molar-refractivity contribution in [1.29, 1.82) is 0 Å². The van der Waals surface area contributed by atoms with Crippen LogP contribution in [0.3, 0.4) is 0 Å². The third-order valence-electron chi connectivity index (χ3n) is 9.02. The van der Waals surface area contributed by atoms with Crippen LogP contribution in [0.2, 0.25) is 0 Å². The van der Waals surface area contributed by atoms with Crippen molar-refractivity contribution in [2.45, 2.75) is 32.3 Å². The van der Waals surface area contributed by atoms with E-state index in [1.807, 2.05) is 0 Å². The van der Waals surface area contributed by atoms with Gasteiger partial charge in [0.15, 0.2) is 17.3 Å². The molecule has 6 heterocycles. The molecule has 2 aliphatic heterocycles. The number of aromatic nitrogens is 5. The van der Waals surface area contributed by atoms with Gasteiger partial charge in [-0.3, -0.25) is 24.3 Å². The number of hydrogen-bond donors (Lipinski definition) is 2. The predicted molar refractivity (Wildman–Crippen MR) is 203 cm³/mol. The molecule has 4 aromatic heterocycles. The smallest absolute Gasteiger partial charge is 0.405 e. The molecule has 5 aromatic rings. The molecule has 61 heavy (non-hydrogen) atoms. The number of aryl methyl sites for hydroxylation is 1. The number of anilines is 2. The summed E-state index contributed by atoms with van der Waals surface area (Å²) in [6.07, 6.45) is 3.25. The maximum absolute atomic E-state index is 14.5. The van der Waals surface area contributed by atoms with E-state index in [1.165, 1.54) is 101 Å². The van der Waals surface area contributed by atoms with Crippen LogP contribution in [-0.4, -0.2) is 71.1 Å². The van der Waals surface area contributed by atoms with E-state index in [0.29, 0.717) is 11.3 Å². The number of ether oxygens (including phenoxy) is 2. The summed E-state index contributed by atoms with van der Waals surface area (Å²) in [5.41, 5.74) is 0.985. The summed E-state index contributed by atoms with van der Waals surface area (Å²) in [6, 6.07) is 11.3. The van der Waals surface area contributed by atoms with Crippen molar-refractivity contribution < 1.29 is 49.8 Å². The molecule has 1 aliphatic carbocycles. The first-order valence-electron chi connectivity index (χ1n) is 17.9. The van der Waals surface area contributed by atoms with Crippen molar-refractivity contribution in [3.05, 3.63) is 156 Å². The fourth-order valence-electron chi connectivity index (χ4n) is 6.52. The highest BCUT2D eigenvalue weighted by molar-refractivity contribution is 6.26. The highest BCUT2D eigenvalue weighted by Gasteiger charge is 2.38. The summed E-state index contributed by atoms with van der Waals surface area (Å²) < 4.78 is 104. The number of aliphatic imine (C=N–C) groups is 1. The second-order valence-electron chi connectivity index (χ2n) is 13.3. The molecular weight excluding hydrogens is 817 g/mol. The third kappa shape index (κ3) is 8.85. The van der Waals surface area contributed by atoms with Crippen LogP contribution in [0.1, 0.15) is 21.6 Å². The van der Waals surface area contributed by atoms with Crippen molar-refractivity contribution >= 4 is 34.8 Å². The highest BCUT2D eigenvalue weighted by Crippen LogP contribution is 2.35. The largest absolute Gasteiger partial charge is 0.573 e. The van der Waals surface area contributed by atoms with Crippen molar-refractivity contribution in [2.24, 2.45) is 4.99 Å². The van der Waals surface area contributed by atoms with Gasteiger partial charge < -0.3 is 15.4 Å². The molecule has 21 heteroatoms. The van der Waals surface area contributed by atoms with Gasteiger partial charge in [-0.2, -0.15) is 5.10 Å². The molecule has 0 saturated heterocycles. The van der Waals surface area contributed by atoms with E-state index in [9.17, 15) is 40.3 Å². The number of rotatable bonds is 9. The minimum Gasteiger partial charge on any atom is -0.405 e. The van der Waals surface area contributed by atoms with Crippen LogP contribution in [-0.2, 0) is 16.1 Å². The number of alkyl halides is 6. The molecule has 0 spiro atoms. The summed E-state index contributed by atoms with van der Waals surface area (Å²) in [4.78, 5) is 44.5. The average molecular weight is 845 g/mol. The van der Waals surface area contributed by atoms with E-state index >= 15 is 0 Å². The summed E-state index contributed by atoms with van der Waals surface area (Å²) in [5, 5.41) is 12.4. The number of allylic oxidation sites excluding steroid dienone is 3. The molecule has 2 amide bonds. The van der Waals surface area contributed by atoms with Crippen LogP contribution in [0.4, 0.5) is 42.2 Å². The first-order chi connectivity index (χ1) is 29.1. The molecule has 3 aliphatic rings. The van der Waals surface area contributed by atoms with Gasteiger partial charge in [0, 0.05) is 41.6 Å². The Balaban J connectivity index is 1.07. The fourth-order valence-corrected chi connectivity index (χ4v) is 6.52. The minimum atomic E-state index is -4.97. The van der Waals surface area contributed by atoms with E-state index in [-0.39, 0.29) is 63.2 Å². The lowest BCUT2D eigenvalue weighted by Crippen LogP contribution is -2.37. The Kier molecular flexibility index (Phi) is 10.4. The number of hydrazine groups is 1. The Morgan fingerprint density at radius 1 is 0.918 bits per heavy atom. The molecule has 310 valence electrons. The molecule has 0 fully saturated rings. The SMILES string of the molecule is Cc1cc(CN2C=C(C(=O)Nc3ccncc3F)C3=NC(=C4C=CC=CC4OC(F)(F)F)C=CN32)cc(NC(=O)c2cnn3ccc(-c4ccccc4OC(F)(F)F)nc23)n1. The number of halogens is 7. The lowest BCUT2D eigenvalue weighted by Gasteiger charge is -2.30. The first kappa shape index (κ1) is 40.1. The highest BCUT2D eigenvalue weighted by atomic mass is 19.4. The maximum Gasteiger partial charge on any atom is 0.573 e. The van der Waals surface area contributed by atoms with Gasteiger partial charge in [-0.25, -0.2) is 28.9 Å². The molecule has 0 bridgehead atoms. The van der Waals surface area contributed by atoms with E-state index in [2.05, 4.69) is 45.2 Å². The zero-order valence-corrected chi connectivity index (χ0v) is 31.1. The van der Waals surface area contributed by atoms with E-state index in [4.69, 9.17) is 0 Å². The second kappa shape index (κ2) is 15.8. The second-order valence-corrected chi connectivity index (χ2v) is 13.3. The standard InChI is InChI=1S/C40H27F7N10O4/c1-22-16-23(17-34(50-22)54-37(58)26-18-49-56-14-11-29(51-35(26)56)24-6-2-4-8-32(24)60-39(42,43)44)20-55-21-27(38(59)53-31-10-13-48-19-28(31)41)36-52-30(12-15-57(36)55)25-7-3-5-9-33(25)61-40(45,46)47/h2-19,21,33H,20H2,1H3,(H,48,53,59)(H,50,54,58). The van der Waals surface area contributed by atoms with Gasteiger partial charge in [0.2, 0.25) is 0 Å². The number of amidine groups is 1. The van der Waals surface area contributed by atoms with E-state index in [1.54, 1.807) is 24.1 Å². The number of para-hydroxylation sites is 1. The molecule has 14 nitrogen and oxygen atoms in total. The number of amides is 2. The molecule has 2 N–H and O–H groups in total. The van der Waals surface area contributed by atoms with Crippen molar-refractivity contribution in [3.8, 4) is 17.0 Å². The normalized spacial score (nSPS) is 17.3. The Bertz CT molecular complexity index is 2770. The van der Waals surface area contributed by atoms with Crippen LogP contribution < -0.4 is 15.4 Å². The summed E-state index contributed by atoms with van der Waals surface area (Å²) >= 11 is 0. The molecule has 1 atom stereocenters. The van der Waals surface area contributed by atoms with Crippen molar-refractivity contribution in [1.82, 2.24) is 34.6 Å². The van der Waals surface area contributed by atoms with Crippen LogP contribution in [0, 0.1) is 12.7 Å². The van der Waals surface area contributed by atoms with Crippen LogP contribution in [0.15, 0.2) is 138 Å². The van der Waals surface area contributed by atoms with Crippen molar-refractivity contribution in [3.63, 3.8) is 0 Å². The summed E-state index contributed by atoms with van der Waals surface area (Å²) in [6.45, 7) is 1.69. The van der Waals surface area contributed by atoms with Crippen molar-refractivity contribution in [2.75, 3.05) is 10.6 Å². The Morgan fingerprint density at radius 3 is 2.52 bits per heavy atom. The molecule has 0 saturated carbocycles. The number of carbonyl (C=O) groups is 2.